The van der Waals surface area contributed by atoms with Crippen LogP contribution >= 0.6 is 0 Å². The Balaban J connectivity index is 1.89. The molecule has 2 heteroatoms. The van der Waals surface area contributed by atoms with Crippen LogP contribution in [-0.2, 0) is 0 Å². The molecule has 0 fully saturated rings. The molecule has 0 amide bonds. The molecule has 0 saturated carbocycles. The Hall–Kier alpha value is -2.74. The molecule has 108 valence electrons. The van der Waals surface area contributed by atoms with E-state index >= 15 is 0 Å². The number of carbonyl (C=O) groups is 1. The molecule has 0 spiro atoms. The van der Waals surface area contributed by atoms with Gasteiger partial charge in [0.2, 0.25) is 0 Å². The van der Waals surface area contributed by atoms with Gasteiger partial charge in [0.25, 0.3) is 0 Å². The second-order valence-electron chi connectivity index (χ2n) is 5.24. The van der Waals surface area contributed by atoms with Crippen molar-refractivity contribution in [3.63, 3.8) is 0 Å². The second kappa shape index (κ2) is 5.94. The molecule has 0 aliphatic heterocycles. The number of aryl methyl sites for hydroxylation is 1. The van der Waals surface area contributed by atoms with Gasteiger partial charge in [-0.05, 0) is 29.7 Å². The van der Waals surface area contributed by atoms with E-state index in [1.54, 1.807) is 31.2 Å². The molecule has 0 aromatic heterocycles. The van der Waals surface area contributed by atoms with Crippen LogP contribution in [0.2, 0.25) is 0 Å². The maximum Gasteiger partial charge on any atom is 0.193 e. The van der Waals surface area contributed by atoms with Crippen molar-refractivity contribution in [1.29, 1.82) is 0 Å². The van der Waals surface area contributed by atoms with E-state index in [1.165, 1.54) is 6.07 Å². The quantitative estimate of drug-likeness (QED) is 0.618. The van der Waals surface area contributed by atoms with Crippen LogP contribution in [0.15, 0.2) is 72.8 Å². The summed E-state index contributed by atoms with van der Waals surface area (Å²) >= 11 is 0. The maximum absolute atomic E-state index is 13.6. The van der Waals surface area contributed by atoms with E-state index in [4.69, 9.17) is 0 Å². The summed E-state index contributed by atoms with van der Waals surface area (Å²) < 4.78 is 13.6. The van der Waals surface area contributed by atoms with Gasteiger partial charge in [0.15, 0.2) is 5.78 Å². The van der Waals surface area contributed by atoms with Crippen molar-refractivity contribution in [3.8, 4) is 11.1 Å². The lowest BCUT2D eigenvalue weighted by molar-refractivity contribution is 0.103. The Kier molecular flexibility index (Phi) is 3.84. The van der Waals surface area contributed by atoms with Crippen LogP contribution in [0.3, 0.4) is 0 Å². The molecular weight excluding hydrogens is 275 g/mol. The summed E-state index contributed by atoms with van der Waals surface area (Å²) in [5.74, 6) is -0.523. The van der Waals surface area contributed by atoms with Gasteiger partial charge in [-0.1, -0.05) is 66.7 Å². The summed E-state index contributed by atoms with van der Waals surface area (Å²) in [6, 6.07) is 21.9. The number of hydrogen-bond acceptors (Lipinski definition) is 1. The first-order chi connectivity index (χ1) is 10.6. The minimum absolute atomic E-state index is 0.168. The van der Waals surface area contributed by atoms with Crippen molar-refractivity contribution in [2.24, 2.45) is 0 Å². The van der Waals surface area contributed by atoms with E-state index in [0.717, 1.165) is 11.1 Å². The zero-order valence-electron chi connectivity index (χ0n) is 12.2. The number of carbonyl (C=O) groups excluding carboxylic acids is 1. The van der Waals surface area contributed by atoms with Crippen LogP contribution in [0.4, 0.5) is 4.39 Å². The van der Waals surface area contributed by atoms with Gasteiger partial charge in [-0.2, -0.15) is 0 Å². The Labute approximate surface area is 129 Å². The number of benzene rings is 3. The molecule has 3 aromatic carbocycles. The minimum atomic E-state index is -0.355. The Bertz CT molecular complexity index is 805. The first-order valence-electron chi connectivity index (χ1n) is 7.11. The zero-order valence-corrected chi connectivity index (χ0v) is 12.2. The highest BCUT2D eigenvalue weighted by Gasteiger charge is 2.11. The average molecular weight is 290 g/mol. The lowest BCUT2D eigenvalue weighted by atomic mass is 9.99. The fourth-order valence-electron chi connectivity index (χ4n) is 2.35. The van der Waals surface area contributed by atoms with Crippen molar-refractivity contribution in [3.05, 3.63) is 95.3 Å². The Morgan fingerprint density at radius 3 is 2.00 bits per heavy atom. The van der Waals surface area contributed by atoms with Crippen molar-refractivity contribution < 1.29 is 9.18 Å². The third-order valence-corrected chi connectivity index (χ3v) is 3.69. The summed E-state index contributed by atoms with van der Waals surface area (Å²) in [7, 11) is 0. The number of hydrogen-bond donors (Lipinski definition) is 0. The molecule has 3 rings (SSSR count). The molecule has 22 heavy (non-hydrogen) atoms. The van der Waals surface area contributed by atoms with Gasteiger partial charge < -0.3 is 0 Å². The summed E-state index contributed by atoms with van der Waals surface area (Å²) in [4.78, 5) is 12.4. The van der Waals surface area contributed by atoms with Gasteiger partial charge in [-0.3, -0.25) is 4.79 Å². The highest BCUT2D eigenvalue weighted by Crippen LogP contribution is 2.21. The number of ketones is 1. The first kappa shape index (κ1) is 14.2. The van der Waals surface area contributed by atoms with Crippen LogP contribution in [0.5, 0.6) is 0 Å². The fourth-order valence-corrected chi connectivity index (χ4v) is 2.35. The van der Waals surface area contributed by atoms with Crippen molar-refractivity contribution in [2.45, 2.75) is 6.92 Å². The van der Waals surface area contributed by atoms with Crippen LogP contribution in [0, 0.1) is 12.7 Å². The topological polar surface area (TPSA) is 17.1 Å². The molecule has 0 N–H and O–H groups in total. The van der Waals surface area contributed by atoms with Crippen LogP contribution in [-0.4, -0.2) is 5.78 Å². The third-order valence-electron chi connectivity index (χ3n) is 3.69. The molecule has 0 radical (unpaired) electrons. The van der Waals surface area contributed by atoms with Crippen LogP contribution < -0.4 is 0 Å². The highest BCUT2D eigenvalue weighted by atomic mass is 19.1. The third kappa shape index (κ3) is 2.82. The summed E-state index contributed by atoms with van der Waals surface area (Å²) in [6.07, 6.45) is 0. The molecule has 0 bridgehead atoms. The lowest BCUT2D eigenvalue weighted by Gasteiger charge is -2.05. The SMILES string of the molecule is Cc1ccc(C(=O)c2ccc(-c3ccccc3)cc2)cc1F. The van der Waals surface area contributed by atoms with Gasteiger partial charge >= 0.3 is 0 Å². The van der Waals surface area contributed by atoms with Gasteiger partial charge in [-0.25, -0.2) is 4.39 Å². The van der Waals surface area contributed by atoms with Crippen LogP contribution in [0.25, 0.3) is 11.1 Å². The van der Waals surface area contributed by atoms with Crippen molar-refractivity contribution >= 4 is 5.78 Å². The molecule has 0 unspecified atom stereocenters. The van der Waals surface area contributed by atoms with Gasteiger partial charge in [0.1, 0.15) is 5.82 Å². The number of rotatable bonds is 3. The molecule has 3 aromatic rings. The van der Waals surface area contributed by atoms with E-state index in [2.05, 4.69) is 0 Å². The van der Waals surface area contributed by atoms with Gasteiger partial charge in [0.05, 0.1) is 0 Å². The molecule has 0 aliphatic rings. The summed E-state index contributed by atoms with van der Waals surface area (Å²) in [5, 5.41) is 0. The van der Waals surface area contributed by atoms with E-state index in [0.29, 0.717) is 16.7 Å². The van der Waals surface area contributed by atoms with Crippen LogP contribution in [0.1, 0.15) is 21.5 Å². The summed E-state index contributed by atoms with van der Waals surface area (Å²) in [5.41, 5.74) is 3.62. The number of halogens is 1. The van der Waals surface area contributed by atoms with E-state index in [-0.39, 0.29) is 11.6 Å². The Morgan fingerprint density at radius 1 is 0.773 bits per heavy atom. The smallest absolute Gasteiger partial charge is 0.193 e. The minimum Gasteiger partial charge on any atom is -0.289 e. The lowest BCUT2D eigenvalue weighted by Crippen LogP contribution is -2.02. The van der Waals surface area contributed by atoms with Gasteiger partial charge in [-0.15, -0.1) is 0 Å². The van der Waals surface area contributed by atoms with E-state index in [1.807, 2.05) is 42.5 Å². The molecule has 0 heterocycles. The predicted molar refractivity (Wildman–Crippen MR) is 86.4 cm³/mol. The molecular formula is C20H15FO. The van der Waals surface area contributed by atoms with E-state index < -0.39 is 0 Å². The average Bonchev–Trinajstić information content (AvgIpc) is 2.58. The molecule has 1 nitrogen and oxygen atoms in total. The Morgan fingerprint density at radius 2 is 1.36 bits per heavy atom. The van der Waals surface area contributed by atoms with Crippen molar-refractivity contribution in [1.82, 2.24) is 0 Å². The second-order valence-corrected chi connectivity index (χ2v) is 5.24. The predicted octanol–water partition coefficient (Wildman–Crippen LogP) is 5.03. The maximum atomic E-state index is 13.6. The highest BCUT2D eigenvalue weighted by molar-refractivity contribution is 6.09. The van der Waals surface area contributed by atoms with Gasteiger partial charge in [0, 0.05) is 11.1 Å². The standard InChI is InChI=1S/C20H15FO/c1-14-7-8-18(13-19(14)21)20(22)17-11-9-16(10-12-17)15-5-3-2-4-6-15/h2-13H,1H3. The zero-order chi connectivity index (χ0) is 15.5. The normalized spacial score (nSPS) is 10.5. The largest absolute Gasteiger partial charge is 0.289 e. The molecule has 0 atom stereocenters. The first-order valence-corrected chi connectivity index (χ1v) is 7.11. The fraction of sp³-hybridized carbons (Fsp3) is 0.0500. The molecule has 0 aliphatic carbocycles. The summed E-state index contributed by atoms with van der Waals surface area (Å²) in [6.45, 7) is 1.68. The van der Waals surface area contributed by atoms with E-state index in [9.17, 15) is 9.18 Å². The molecule has 0 saturated heterocycles. The monoisotopic (exact) mass is 290 g/mol. The van der Waals surface area contributed by atoms with Crippen molar-refractivity contribution in [2.75, 3.05) is 0 Å².